The lowest BCUT2D eigenvalue weighted by molar-refractivity contribution is 0.252. The van der Waals surface area contributed by atoms with Crippen LogP contribution in [0, 0.1) is 0 Å². The van der Waals surface area contributed by atoms with E-state index in [4.69, 9.17) is 0 Å². The minimum absolute atomic E-state index is 0.473. The molecule has 0 N–H and O–H groups in total. The Balaban J connectivity index is 1.55. The molecule has 20 heavy (non-hydrogen) atoms. The topological polar surface area (TPSA) is 32.3 Å². The number of hydrogen-bond acceptors (Lipinski definition) is 6. The molecule has 0 atom stereocenters. The fraction of sp³-hybridized carbons (Fsp3) is 0.571. The quantitative estimate of drug-likeness (QED) is 0.869. The van der Waals surface area contributed by atoms with Crippen molar-refractivity contribution in [3.05, 3.63) is 27.4 Å². The second-order valence-electron chi connectivity index (χ2n) is 5.42. The zero-order valence-electron chi connectivity index (χ0n) is 12.0. The van der Waals surface area contributed by atoms with Gasteiger partial charge >= 0.3 is 0 Å². The van der Waals surface area contributed by atoms with Crippen LogP contribution in [0.15, 0.2) is 17.5 Å². The van der Waals surface area contributed by atoms with Crippen molar-refractivity contribution >= 4 is 27.8 Å². The minimum atomic E-state index is 0.473. The predicted octanol–water partition coefficient (Wildman–Crippen LogP) is 3.05. The number of anilines is 1. The van der Waals surface area contributed by atoms with E-state index in [1.54, 1.807) is 11.3 Å². The van der Waals surface area contributed by atoms with Crippen molar-refractivity contribution in [2.24, 2.45) is 0 Å². The van der Waals surface area contributed by atoms with E-state index in [-0.39, 0.29) is 0 Å². The third-order valence-electron chi connectivity index (χ3n) is 3.53. The van der Waals surface area contributed by atoms with Crippen LogP contribution in [0.1, 0.15) is 29.7 Å². The Morgan fingerprint density at radius 2 is 2.00 bits per heavy atom. The summed E-state index contributed by atoms with van der Waals surface area (Å²) < 4.78 is 0. The average molecular weight is 308 g/mol. The number of nitrogens with zero attached hydrogens (tertiary/aromatic N) is 4. The van der Waals surface area contributed by atoms with Gasteiger partial charge in [0.1, 0.15) is 5.01 Å². The highest BCUT2D eigenvalue weighted by molar-refractivity contribution is 7.15. The van der Waals surface area contributed by atoms with Gasteiger partial charge in [0, 0.05) is 43.5 Å². The molecule has 6 heteroatoms. The Morgan fingerprint density at radius 1 is 1.20 bits per heavy atom. The molecule has 0 spiro atoms. The lowest BCUT2D eigenvalue weighted by atomic mass is 10.2. The van der Waals surface area contributed by atoms with Crippen LogP contribution in [0.25, 0.3) is 0 Å². The number of aromatic nitrogens is 2. The second-order valence-corrected chi connectivity index (χ2v) is 7.44. The summed E-state index contributed by atoms with van der Waals surface area (Å²) in [6, 6.07) is 4.35. The van der Waals surface area contributed by atoms with Crippen molar-refractivity contribution in [1.29, 1.82) is 0 Å². The van der Waals surface area contributed by atoms with Crippen LogP contribution in [0.5, 0.6) is 0 Å². The molecule has 0 radical (unpaired) electrons. The first kappa shape index (κ1) is 14.0. The standard InChI is InChI=1S/C14H20N4S2/c1-11(2)13-15-16-14(20-13)18-7-5-17(6-8-18)10-12-4-3-9-19-12/h3-4,9,11H,5-8,10H2,1-2H3. The van der Waals surface area contributed by atoms with E-state index in [0.29, 0.717) is 5.92 Å². The summed E-state index contributed by atoms with van der Waals surface area (Å²) in [4.78, 5) is 6.35. The summed E-state index contributed by atoms with van der Waals surface area (Å²) in [5, 5.41) is 13.0. The molecule has 1 aliphatic heterocycles. The van der Waals surface area contributed by atoms with Crippen LogP contribution in [0.4, 0.5) is 5.13 Å². The van der Waals surface area contributed by atoms with E-state index < -0.39 is 0 Å². The molecule has 108 valence electrons. The van der Waals surface area contributed by atoms with E-state index in [1.807, 2.05) is 11.3 Å². The first-order valence-corrected chi connectivity index (χ1v) is 8.75. The van der Waals surface area contributed by atoms with Crippen molar-refractivity contribution in [3.8, 4) is 0 Å². The molecule has 1 fully saturated rings. The normalized spacial score (nSPS) is 17.1. The van der Waals surface area contributed by atoms with Crippen molar-refractivity contribution in [1.82, 2.24) is 15.1 Å². The molecule has 0 aliphatic carbocycles. The predicted molar refractivity (Wildman–Crippen MR) is 85.8 cm³/mol. The van der Waals surface area contributed by atoms with Gasteiger partial charge in [0.15, 0.2) is 0 Å². The highest BCUT2D eigenvalue weighted by Crippen LogP contribution is 2.26. The first-order chi connectivity index (χ1) is 9.72. The molecule has 0 saturated carbocycles. The van der Waals surface area contributed by atoms with Crippen LogP contribution >= 0.6 is 22.7 Å². The summed E-state index contributed by atoms with van der Waals surface area (Å²) in [7, 11) is 0. The summed E-state index contributed by atoms with van der Waals surface area (Å²) in [5.74, 6) is 0.473. The lowest BCUT2D eigenvalue weighted by Gasteiger charge is -2.34. The van der Waals surface area contributed by atoms with Gasteiger partial charge in [0.05, 0.1) is 0 Å². The molecule has 3 rings (SSSR count). The molecule has 0 bridgehead atoms. The maximum atomic E-state index is 4.34. The molecule has 0 aromatic carbocycles. The maximum absolute atomic E-state index is 4.34. The van der Waals surface area contributed by atoms with Crippen molar-refractivity contribution in [2.45, 2.75) is 26.3 Å². The third-order valence-corrected chi connectivity index (χ3v) is 5.67. The molecule has 4 nitrogen and oxygen atoms in total. The average Bonchev–Trinajstić information content (AvgIpc) is 3.10. The number of hydrogen-bond donors (Lipinski definition) is 0. The molecule has 1 saturated heterocycles. The van der Waals surface area contributed by atoms with Crippen molar-refractivity contribution in [2.75, 3.05) is 31.1 Å². The van der Waals surface area contributed by atoms with Gasteiger partial charge in [-0.15, -0.1) is 21.5 Å². The molecule has 0 amide bonds. The molecular weight excluding hydrogens is 288 g/mol. The van der Waals surface area contributed by atoms with E-state index in [2.05, 4.69) is 51.4 Å². The van der Waals surface area contributed by atoms with Gasteiger partial charge in [0.25, 0.3) is 0 Å². The zero-order chi connectivity index (χ0) is 13.9. The van der Waals surface area contributed by atoms with Gasteiger partial charge in [-0.05, 0) is 11.4 Å². The molecule has 0 unspecified atom stereocenters. The Bertz CT molecular complexity index is 527. The highest BCUT2D eigenvalue weighted by Gasteiger charge is 2.20. The molecule has 3 heterocycles. The third kappa shape index (κ3) is 3.19. The summed E-state index contributed by atoms with van der Waals surface area (Å²) in [5.41, 5.74) is 0. The van der Waals surface area contributed by atoms with E-state index in [0.717, 1.165) is 42.9 Å². The Hall–Kier alpha value is -0.980. The van der Waals surface area contributed by atoms with Gasteiger partial charge in [-0.2, -0.15) is 0 Å². The van der Waals surface area contributed by atoms with E-state index >= 15 is 0 Å². The summed E-state index contributed by atoms with van der Waals surface area (Å²) >= 11 is 3.59. The van der Waals surface area contributed by atoms with Gasteiger partial charge in [-0.25, -0.2) is 0 Å². The van der Waals surface area contributed by atoms with Crippen LogP contribution in [-0.2, 0) is 6.54 Å². The Kier molecular flexibility index (Phi) is 4.33. The SMILES string of the molecule is CC(C)c1nnc(N2CCN(Cc3cccs3)CC2)s1. The van der Waals surface area contributed by atoms with Crippen LogP contribution in [0.2, 0.25) is 0 Å². The van der Waals surface area contributed by atoms with Gasteiger partial charge < -0.3 is 4.90 Å². The van der Waals surface area contributed by atoms with Gasteiger partial charge in [0.2, 0.25) is 5.13 Å². The lowest BCUT2D eigenvalue weighted by Crippen LogP contribution is -2.45. The smallest absolute Gasteiger partial charge is 0.208 e. The number of thiophene rings is 1. The first-order valence-electron chi connectivity index (χ1n) is 7.05. The second kappa shape index (κ2) is 6.20. The summed E-state index contributed by atoms with van der Waals surface area (Å²) in [6.07, 6.45) is 0. The number of rotatable bonds is 4. The fourth-order valence-corrected chi connectivity index (χ4v) is 3.95. The zero-order valence-corrected chi connectivity index (χ0v) is 13.6. The molecular formula is C14H20N4S2. The Labute approximate surface area is 128 Å². The van der Waals surface area contributed by atoms with Gasteiger partial charge in [-0.1, -0.05) is 31.3 Å². The van der Waals surface area contributed by atoms with Crippen molar-refractivity contribution < 1.29 is 0 Å². The van der Waals surface area contributed by atoms with E-state index in [1.165, 1.54) is 4.88 Å². The van der Waals surface area contributed by atoms with Crippen LogP contribution in [0.3, 0.4) is 0 Å². The van der Waals surface area contributed by atoms with Crippen molar-refractivity contribution in [3.63, 3.8) is 0 Å². The van der Waals surface area contributed by atoms with Gasteiger partial charge in [-0.3, -0.25) is 4.90 Å². The fourth-order valence-electron chi connectivity index (χ4n) is 2.31. The molecule has 1 aliphatic rings. The summed E-state index contributed by atoms with van der Waals surface area (Å²) in [6.45, 7) is 9.74. The largest absolute Gasteiger partial charge is 0.344 e. The highest BCUT2D eigenvalue weighted by atomic mass is 32.1. The molecule has 2 aromatic rings. The van der Waals surface area contributed by atoms with Crippen LogP contribution in [-0.4, -0.2) is 41.3 Å². The number of piperazine rings is 1. The van der Waals surface area contributed by atoms with Crippen LogP contribution < -0.4 is 4.90 Å². The maximum Gasteiger partial charge on any atom is 0.208 e. The molecule has 2 aromatic heterocycles. The Morgan fingerprint density at radius 3 is 2.60 bits per heavy atom. The monoisotopic (exact) mass is 308 g/mol. The minimum Gasteiger partial charge on any atom is -0.344 e. The van der Waals surface area contributed by atoms with E-state index in [9.17, 15) is 0 Å².